The maximum absolute atomic E-state index is 13.5. The van der Waals surface area contributed by atoms with Gasteiger partial charge < -0.3 is 28.5 Å². The van der Waals surface area contributed by atoms with Crippen LogP contribution in [0.4, 0.5) is 0 Å². The number of quaternary nitrogens is 1. The van der Waals surface area contributed by atoms with E-state index in [1.807, 2.05) is 33.3 Å². The molecule has 0 aromatic carbocycles. The summed E-state index contributed by atoms with van der Waals surface area (Å²) in [4.78, 5) is 40.0. The van der Waals surface area contributed by atoms with E-state index in [1.54, 1.807) is 0 Å². The van der Waals surface area contributed by atoms with Crippen LogP contribution < -0.4 is 10.2 Å². The van der Waals surface area contributed by atoms with Gasteiger partial charge in [0.15, 0.2) is 0 Å². The highest BCUT2D eigenvalue weighted by Gasteiger charge is 2.27. The Labute approximate surface area is 476 Å². The van der Waals surface area contributed by atoms with Crippen LogP contribution >= 0.6 is 7.82 Å². The fourth-order valence-electron chi connectivity index (χ4n) is 8.83. The molecule has 0 aromatic heterocycles. The van der Waals surface area contributed by atoms with Crippen LogP contribution in [-0.2, 0) is 27.9 Å². The monoisotopic (exact) mass is 1100 g/mol. The van der Waals surface area contributed by atoms with Gasteiger partial charge in [0.25, 0.3) is 7.82 Å². The molecule has 0 saturated heterocycles. The van der Waals surface area contributed by atoms with Crippen molar-refractivity contribution in [2.24, 2.45) is 0 Å². The summed E-state index contributed by atoms with van der Waals surface area (Å²) in [7, 11) is 1.16. The second kappa shape index (κ2) is 56.5. The maximum Gasteiger partial charge on any atom is 0.306 e. The molecule has 3 unspecified atom stereocenters. The number of unbranched alkanes of at least 4 members (excludes halogenated alkanes) is 29. The minimum Gasteiger partial charge on any atom is -0.756 e. The average molecular weight is 1100 g/mol. The van der Waals surface area contributed by atoms with Gasteiger partial charge in [-0.1, -0.05) is 241 Å². The van der Waals surface area contributed by atoms with Crippen molar-refractivity contribution in [3.8, 4) is 0 Å². The molecule has 0 saturated carbocycles. The largest absolute Gasteiger partial charge is 0.756 e. The maximum atomic E-state index is 13.5. The van der Waals surface area contributed by atoms with Gasteiger partial charge in [0.1, 0.15) is 19.3 Å². The molecule has 3 atom stereocenters. The smallest absolute Gasteiger partial charge is 0.306 e. The lowest BCUT2D eigenvalue weighted by atomic mass is 10.0. The second-order valence-corrected chi connectivity index (χ2v) is 24.0. The van der Waals surface area contributed by atoms with Crippen molar-refractivity contribution in [1.82, 2.24) is 5.32 Å². The van der Waals surface area contributed by atoms with Crippen LogP contribution in [0.3, 0.4) is 0 Å². The lowest BCUT2D eigenvalue weighted by Gasteiger charge is -2.30. The molecule has 0 aliphatic heterocycles. The number of amides is 1. The number of nitrogens with zero attached hydrogens (tertiary/aromatic N) is 1. The minimum atomic E-state index is -4.71. The summed E-state index contributed by atoms with van der Waals surface area (Å²) < 4.78 is 30.3. The average Bonchev–Trinajstić information content (AvgIpc) is 3.39. The number of carbonyl (C=O) groups is 2. The number of hydrogen-bond donors (Lipinski definition) is 1. The van der Waals surface area contributed by atoms with Gasteiger partial charge in [-0.2, -0.15) is 0 Å². The molecular weight excluding hydrogens is 976 g/mol. The van der Waals surface area contributed by atoms with Crippen molar-refractivity contribution in [1.29, 1.82) is 0 Å². The van der Waals surface area contributed by atoms with Gasteiger partial charge in [0.2, 0.25) is 5.91 Å². The first-order chi connectivity index (χ1) is 37.4. The number of nitrogens with one attached hydrogen (secondary N) is 1. The van der Waals surface area contributed by atoms with Gasteiger partial charge in [-0.05, 0) is 109 Å². The summed E-state index contributed by atoms with van der Waals surface area (Å²) in [6.45, 7) is 6.77. The first-order valence-electron chi connectivity index (χ1n) is 31.9. The number of rotatable bonds is 57. The first kappa shape index (κ1) is 74.2. The zero-order chi connectivity index (χ0) is 56.4. The van der Waals surface area contributed by atoms with Gasteiger partial charge in [0.05, 0.1) is 33.8 Å². The van der Waals surface area contributed by atoms with E-state index in [2.05, 4.69) is 99.0 Å². The molecule has 10 heteroatoms. The minimum absolute atomic E-state index is 0.0316. The van der Waals surface area contributed by atoms with Crippen molar-refractivity contribution in [2.45, 2.75) is 290 Å². The molecular formula is C67H121N2O7P. The normalized spacial score (nSPS) is 14.2. The summed E-state index contributed by atoms with van der Waals surface area (Å²) in [6.07, 6.45) is 74.0. The number of hydrogen-bond acceptors (Lipinski definition) is 7. The van der Waals surface area contributed by atoms with E-state index in [0.29, 0.717) is 23.9 Å². The molecule has 0 radical (unpaired) electrons. The molecule has 1 N–H and O–H groups in total. The molecule has 0 heterocycles. The Morgan fingerprint density at radius 3 is 1.22 bits per heavy atom. The van der Waals surface area contributed by atoms with Crippen LogP contribution in [0, 0.1) is 0 Å². The van der Waals surface area contributed by atoms with Crippen LogP contribution in [0.5, 0.6) is 0 Å². The van der Waals surface area contributed by atoms with Crippen LogP contribution in [0.25, 0.3) is 0 Å². The fourth-order valence-corrected chi connectivity index (χ4v) is 9.55. The highest BCUT2D eigenvalue weighted by Crippen LogP contribution is 2.38. The topological polar surface area (TPSA) is 114 Å². The summed E-state index contributed by atoms with van der Waals surface area (Å²) in [5.74, 6) is -0.580. The molecule has 0 bridgehead atoms. The van der Waals surface area contributed by atoms with E-state index < -0.39 is 26.6 Å². The Balaban J connectivity index is 5.34. The number of phosphoric ester groups is 1. The Hall–Kier alpha value is -2.81. The molecule has 446 valence electrons. The van der Waals surface area contributed by atoms with Gasteiger partial charge in [-0.25, -0.2) is 0 Å². The van der Waals surface area contributed by atoms with E-state index in [-0.39, 0.29) is 24.9 Å². The van der Waals surface area contributed by atoms with E-state index in [4.69, 9.17) is 13.8 Å². The van der Waals surface area contributed by atoms with E-state index >= 15 is 0 Å². The Bertz CT molecular complexity index is 1590. The van der Waals surface area contributed by atoms with Crippen molar-refractivity contribution < 1.29 is 37.3 Å². The number of allylic oxidation sites excluding steroid dienone is 13. The Kier molecular flexibility index (Phi) is 54.4. The van der Waals surface area contributed by atoms with Crippen molar-refractivity contribution in [2.75, 3.05) is 40.9 Å². The van der Waals surface area contributed by atoms with Crippen LogP contribution in [0.15, 0.2) is 85.1 Å². The van der Waals surface area contributed by atoms with Gasteiger partial charge in [-0.3, -0.25) is 14.2 Å². The number of phosphoric acid groups is 1. The summed E-state index contributed by atoms with van der Waals surface area (Å²) in [5.41, 5.74) is 0. The summed E-state index contributed by atoms with van der Waals surface area (Å²) >= 11 is 0. The molecule has 1 amide bonds. The number of esters is 1. The third kappa shape index (κ3) is 57.7. The molecule has 0 aromatic rings. The quantitative estimate of drug-likeness (QED) is 0.0212. The Morgan fingerprint density at radius 2 is 0.792 bits per heavy atom. The lowest BCUT2D eigenvalue weighted by Crippen LogP contribution is -2.47. The molecule has 9 nitrogen and oxygen atoms in total. The first-order valence-corrected chi connectivity index (χ1v) is 33.4. The predicted molar refractivity (Wildman–Crippen MR) is 330 cm³/mol. The van der Waals surface area contributed by atoms with Gasteiger partial charge >= 0.3 is 5.97 Å². The molecule has 0 fully saturated rings. The standard InChI is InChI=1S/C67H121N2O7P/c1-7-10-13-16-19-22-25-28-30-32-34-36-38-41-44-47-50-53-56-59-66(70)68-64(63-75-77(72,73)74-62-61-69(4,5)6)65(58-55-52-49-46-43-40-27-24-21-18-15-12-9-3)76-67(71)60-57-54-51-48-45-42-39-37-35-33-31-29-26-23-20-17-14-11-8-2/h19-20,22-23,28-31,35,37,42,45,55,58,64-65H,7-18,21,24-27,32-34,36,38-41,43-44,46-54,56-57,59-63H2,1-6H3,(H-,68,70,72,73)/b22-19-,23-20-,30-28-,31-29-,37-35-,45-42-,58-55+. The van der Waals surface area contributed by atoms with E-state index in [1.165, 1.54) is 141 Å². The molecule has 0 aliphatic rings. The Morgan fingerprint density at radius 1 is 0.455 bits per heavy atom. The van der Waals surface area contributed by atoms with Crippen LogP contribution in [-0.4, -0.2) is 69.4 Å². The molecule has 77 heavy (non-hydrogen) atoms. The summed E-state index contributed by atoms with van der Waals surface area (Å²) in [5, 5.41) is 3.02. The summed E-state index contributed by atoms with van der Waals surface area (Å²) in [6, 6.07) is -0.908. The number of carbonyl (C=O) groups excluding carboxylic acids is 2. The zero-order valence-corrected chi connectivity index (χ0v) is 51.8. The van der Waals surface area contributed by atoms with Crippen LogP contribution in [0.2, 0.25) is 0 Å². The SMILES string of the molecule is CCCCC/C=C\C/C=C\C/C=C\C/C=C\CCCCCC(=O)OC(/C=C/CCCCCCCCCCCCC)C(COP(=O)([O-])OCC[N+](C)(C)C)NC(=O)CCCCCCCCCCC/C=C\C/C=C\CCCCC. The highest BCUT2D eigenvalue weighted by molar-refractivity contribution is 7.45. The highest BCUT2D eigenvalue weighted by atomic mass is 31.2. The van der Waals surface area contributed by atoms with Crippen molar-refractivity contribution in [3.05, 3.63) is 85.1 Å². The van der Waals surface area contributed by atoms with Crippen molar-refractivity contribution in [3.63, 3.8) is 0 Å². The molecule has 0 rings (SSSR count). The number of likely N-dealkylation sites (N-methyl/N-ethyl adjacent to an activating group) is 1. The predicted octanol–water partition coefficient (Wildman–Crippen LogP) is 19.1. The van der Waals surface area contributed by atoms with Crippen LogP contribution in [0.1, 0.15) is 278 Å². The zero-order valence-electron chi connectivity index (χ0n) is 50.9. The second-order valence-electron chi connectivity index (χ2n) is 22.6. The van der Waals surface area contributed by atoms with Crippen molar-refractivity contribution >= 4 is 19.7 Å². The van der Waals surface area contributed by atoms with Gasteiger partial charge in [0, 0.05) is 12.8 Å². The van der Waals surface area contributed by atoms with Gasteiger partial charge in [-0.15, -0.1) is 0 Å². The van der Waals surface area contributed by atoms with E-state index in [0.717, 1.165) is 96.3 Å². The lowest BCUT2D eigenvalue weighted by molar-refractivity contribution is -0.870. The molecule has 0 spiro atoms. The fraction of sp³-hybridized carbons (Fsp3) is 0.761. The molecule has 0 aliphatic carbocycles. The van der Waals surface area contributed by atoms with E-state index in [9.17, 15) is 19.0 Å². The third-order valence-electron chi connectivity index (χ3n) is 13.8. The number of ether oxygens (including phenoxy) is 1. The third-order valence-corrected chi connectivity index (χ3v) is 14.8.